The van der Waals surface area contributed by atoms with Crippen molar-refractivity contribution in [1.82, 2.24) is 9.78 Å². The lowest BCUT2D eigenvalue weighted by Crippen LogP contribution is -1.99. The first kappa shape index (κ1) is 13.5. The number of rotatable bonds is 5. The van der Waals surface area contributed by atoms with E-state index >= 15 is 0 Å². The van der Waals surface area contributed by atoms with Crippen molar-refractivity contribution in [2.45, 2.75) is 13.5 Å². The van der Waals surface area contributed by atoms with E-state index in [0.717, 1.165) is 18.2 Å². The van der Waals surface area contributed by atoms with E-state index in [9.17, 15) is 14.9 Å². The average Bonchev–Trinajstić information content (AvgIpc) is 2.86. The van der Waals surface area contributed by atoms with Gasteiger partial charge in [-0.05, 0) is 13.0 Å². The second-order valence-corrected chi connectivity index (χ2v) is 3.88. The highest BCUT2D eigenvalue weighted by Crippen LogP contribution is 2.32. The zero-order valence-corrected chi connectivity index (χ0v) is 10.5. The second-order valence-electron chi connectivity index (χ2n) is 3.88. The van der Waals surface area contributed by atoms with Gasteiger partial charge in [0.1, 0.15) is 0 Å². The van der Waals surface area contributed by atoms with E-state index in [2.05, 4.69) is 5.10 Å². The highest BCUT2D eigenvalue weighted by Gasteiger charge is 2.19. The first-order valence-corrected chi connectivity index (χ1v) is 5.73. The maximum absolute atomic E-state index is 10.9. The lowest BCUT2D eigenvalue weighted by atomic mass is 10.2. The Balaban J connectivity index is 2.39. The minimum Gasteiger partial charge on any atom is -0.478 e. The zero-order chi connectivity index (χ0) is 14.7. The Morgan fingerprint density at radius 1 is 1.55 bits per heavy atom. The van der Waals surface area contributed by atoms with Crippen molar-refractivity contribution >= 4 is 11.7 Å². The van der Waals surface area contributed by atoms with Crippen LogP contribution in [0.4, 0.5) is 5.69 Å². The maximum atomic E-state index is 10.9. The Kier molecular flexibility index (Phi) is 3.65. The van der Waals surface area contributed by atoms with Gasteiger partial charge in [-0.1, -0.05) is 0 Å². The third-order valence-electron chi connectivity index (χ3n) is 2.56. The number of aromatic carboxylic acids is 1. The molecule has 1 N–H and O–H groups in total. The van der Waals surface area contributed by atoms with Crippen LogP contribution in [-0.4, -0.2) is 25.8 Å². The van der Waals surface area contributed by atoms with Crippen molar-refractivity contribution in [3.05, 3.63) is 46.3 Å². The molecule has 0 aliphatic carbocycles. The van der Waals surface area contributed by atoms with Crippen LogP contribution in [0.1, 0.15) is 17.3 Å². The fourth-order valence-electron chi connectivity index (χ4n) is 1.58. The summed E-state index contributed by atoms with van der Waals surface area (Å²) in [7, 11) is 0. The van der Waals surface area contributed by atoms with Crippen molar-refractivity contribution in [3.63, 3.8) is 0 Å². The van der Waals surface area contributed by atoms with Crippen molar-refractivity contribution in [2.24, 2.45) is 0 Å². The van der Waals surface area contributed by atoms with Crippen molar-refractivity contribution < 1.29 is 19.6 Å². The first-order valence-electron chi connectivity index (χ1n) is 5.73. The van der Waals surface area contributed by atoms with Gasteiger partial charge in [0, 0.05) is 18.7 Å². The largest absolute Gasteiger partial charge is 0.478 e. The molecule has 0 atom stereocenters. The van der Waals surface area contributed by atoms with Gasteiger partial charge >= 0.3 is 11.7 Å². The number of nitro benzene ring substituents is 1. The minimum atomic E-state index is -1.19. The average molecular weight is 277 g/mol. The Morgan fingerprint density at radius 3 is 2.85 bits per heavy atom. The molecule has 0 aliphatic rings. The second kappa shape index (κ2) is 5.39. The van der Waals surface area contributed by atoms with Crippen LogP contribution in [0.5, 0.6) is 11.5 Å². The molecular weight excluding hydrogens is 266 g/mol. The molecular formula is C12H11N3O5. The van der Waals surface area contributed by atoms with Gasteiger partial charge < -0.3 is 9.84 Å². The van der Waals surface area contributed by atoms with Gasteiger partial charge in [0.25, 0.3) is 0 Å². The molecule has 0 aliphatic heterocycles. The Labute approximate surface area is 113 Å². The summed E-state index contributed by atoms with van der Waals surface area (Å²) in [5, 5.41) is 23.8. The molecule has 0 saturated heterocycles. The number of carbonyl (C=O) groups is 1. The molecule has 0 radical (unpaired) electrons. The Hall–Kier alpha value is -2.90. The van der Waals surface area contributed by atoms with Gasteiger partial charge in [-0.3, -0.25) is 14.8 Å². The first-order chi connectivity index (χ1) is 9.51. The standard InChI is InChI=1S/C12H11N3O5/c1-2-14-7-9(6-13-14)20-11-5-8(12(16)17)3-4-10(11)15(18)19/h3-7H,2H2,1H3,(H,16,17). The van der Waals surface area contributed by atoms with Crippen LogP contribution in [0.3, 0.4) is 0 Å². The smallest absolute Gasteiger partial charge is 0.335 e. The van der Waals surface area contributed by atoms with Crippen LogP contribution >= 0.6 is 0 Å². The number of aromatic nitrogens is 2. The van der Waals surface area contributed by atoms with Gasteiger partial charge in [0.15, 0.2) is 5.75 Å². The van der Waals surface area contributed by atoms with Crippen molar-refractivity contribution in [1.29, 1.82) is 0 Å². The van der Waals surface area contributed by atoms with Crippen molar-refractivity contribution in [3.8, 4) is 11.5 Å². The summed E-state index contributed by atoms with van der Waals surface area (Å²) in [6.07, 6.45) is 2.97. The number of nitro groups is 1. The topological polar surface area (TPSA) is 107 Å². The van der Waals surface area contributed by atoms with Gasteiger partial charge in [-0.2, -0.15) is 5.10 Å². The molecule has 8 heteroatoms. The number of nitrogens with zero attached hydrogens (tertiary/aromatic N) is 3. The van der Waals surface area contributed by atoms with E-state index in [1.165, 1.54) is 6.20 Å². The number of benzene rings is 1. The SMILES string of the molecule is CCn1cc(Oc2cc(C(=O)O)ccc2[N+](=O)[O-])cn1. The summed E-state index contributed by atoms with van der Waals surface area (Å²) in [5.41, 5.74) is -0.396. The van der Waals surface area contributed by atoms with Crippen LogP contribution in [0.15, 0.2) is 30.6 Å². The van der Waals surface area contributed by atoms with E-state index in [0.29, 0.717) is 12.3 Å². The lowest BCUT2D eigenvalue weighted by molar-refractivity contribution is -0.385. The van der Waals surface area contributed by atoms with Crippen molar-refractivity contribution in [2.75, 3.05) is 0 Å². The summed E-state index contributed by atoms with van der Waals surface area (Å²) < 4.78 is 6.94. The van der Waals surface area contributed by atoms with E-state index < -0.39 is 10.9 Å². The van der Waals surface area contributed by atoms with Gasteiger partial charge in [-0.15, -0.1) is 0 Å². The number of carboxylic acids is 1. The Bertz CT molecular complexity index is 665. The summed E-state index contributed by atoms with van der Waals surface area (Å²) in [6.45, 7) is 2.50. The molecule has 20 heavy (non-hydrogen) atoms. The molecule has 0 unspecified atom stereocenters. The third-order valence-corrected chi connectivity index (χ3v) is 2.56. The predicted molar refractivity (Wildman–Crippen MR) is 68.0 cm³/mol. The van der Waals surface area contributed by atoms with E-state index in [1.807, 2.05) is 6.92 Å². The normalized spacial score (nSPS) is 10.2. The van der Waals surface area contributed by atoms with E-state index in [-0.39, 0.29) is 17.0 Å². The molecule has 2 rings (SSSR count). The number of hydrogen-bond donors (Lipinski definition) is 1. The molecule has 8 nitrogen and oxygen atoms in total. The molecule has 0 saturated carbocycles. The van der Waals surface area contributed by atoms with Crippen LogP contribution in [0.2, 0.25) is 0 Å². The van der Waals surface area contributed by atoms with Crippen LogP contribution < -0.4 is 4.74 Å². The van der Waals surface area contributed by atoms with E-state index in [1.54, 1.807) is 10.9 Å². The number of hydrogen-bond acceptors (Lipinski definition) is 5. The molecule has 2 aromatic rings. The fourth-order valence-corrected chi connectivity index (χ4v) is 1.58. The van der Waals surface area contributed by atoms with Crippen LogP contribution in [0.25, 0.3) is 0 Å². The number of aryl methyl sites for hydroxylation is 1. The zero-order valence-electron chi connectivity index (χ0n) is 10.5. The van der Waals surface area contributed by atoms with Gasteiger partial charge in [0.05, 0.1) is 22.9 Å². The van der Waals surface area contributed by atoms with E-state index in [4.69, 9.17) is 9.84 Å². The van der Waals surface area contributed by atoms with Gasteiger partial charge in [0.2, 0.25) is 5.75 Å². The summed E-state index contributed by atoms with van der Waals surface area (Å²) in [5.74, 6) is -1.02. The monoisotopic (exact) mass is 277 g/mol. The summed E-state index contributed by atoms with van der Waals surface area (Å²) in [6, 6.07) is 3.37. The molecule has 1 aromatic carbocycles. The number of carboxylic acid groups (broad SMARTS) is 1. The van der Waals surface area contributed by atoms with Crippen LogP contribution in [0, 0.1) is 10.1 Å². The molecule has 104 valence electrons. The summed E-state index contributed by atoms with van der Waals surface area (Å²) >= 11 is 0. The fraction of sp³-hybridized carbons (Fsp3) is 0.167. The molecule has 0 spiro atoms. The van der Waals surface area contributed by atoms with Crippen LogP contribution in [-0.2, 0) is 6.54 Å². The lowest BCUT2D eigenvalue weighted by Gasteiger charge is -2.04. The minimum absolute atomic E-state index is 0.0894. The molecule has 0 fully saturated rings. The highest BCUT2D eigenvalue weighted by molar-refractivity contribution is 5.88. The predicted octanol–water partition coefficient (Wildman–Crippen LogP) is 2.30. The highest BCUT2D eigenvalue weighted by atomic mass is 16.6. The molecule has 1 heterocycles. The summed E-state index contributed by atoms with van der Waals surface area (Å²) in [4.78, 5) is 21.2. The maximum Gasteiger partial charge on any atom is 0.335 e. The molecule has 1 aromatic heterocycles. The van der Waals surface area contributed by atoms with Gasteiger partial charge in [-0.25, -0.2) is 4.79 Å². The quantitative estimate of drug-likeness (QED) is 0.663. The molecule has 0 bridgehead atoms. The third kappa shape index (κ3) is 2.74. The molecule has 0 amide bonds. The Morgan fingerprint density at radius 2 is 2.30 bits per heavy atom. The number of ether oxygens (including phenoxy) is 1.